The first-order valence-electron chi connectivity index (χ1n) is 5.53. The Morgan fingerprint density at radius 2 is 2.12 bits per heavy atom. The summed E-state index contributed by atoms with van der Waals surface area (Å²) >= 11 is 1.43. The number of ketones is 1. The van der Waals surface area contributed by atoms with E-state index in [2.05, 4.69) is 0 Å². The number of Topliss-reactive ketones (excluding diaryl/α,β-unsaturated/α-hetero) is 1. The van der Waals surface area contributed by atoms with Gasteiger partial charge in [0.15, 0.2) is 0 Å². The van der Waals surface area contributed by atoms with Crippen LogP contribution < -0.4 is 0 Å². The Kier molecular flexibility index (Phi) is 5.69. The number of rotatable bonds is 7. The van der Waals surface area contributed by atoms with Crippen LogP contribution in [-0.4, -0.2) is 16.5 Å². The number of nitro groups is 1. The summed E-state index contributed by atoms with van der Waals surface area (Å²) < 4.78 is 0. The van der Waals surface area contributed by atoms with Crippen molar-refractivity contribution < 1.29 is 9.72 Å². The largest absolute Gasteiger partial charge is 0.300 e. The van der Waals surface area contributed by atoms with E-state index in [-0.39, 0.29) is 16.4 Å². The van der Waals surface area contributed by atoms with Gasteiger partial charge in [0.2, 0.25) is 0 Å². The molecule has 1 aromatic rings. The number of hydrogen-bond donors (Lipinski definition) is 0. The van der Waals surface area contributed by atoms with Gasteiger partial charge in [0.1, 0.15) is 5.78 Å². The maximum atomic E-state index is 11.1. The minimum absolute atomic E-state index is 0.138. The molecule has 1 aromatic carbocycles. The third-order valence-corrected chi connectivity index (χ3v) is 3.46. The number of nitrogens with zero attached hydrogens (tertiary/aromatic N) is 1. The van der Waals surface area contributed by atoms with E-state index in [1.165, 1.54) is 17.8 Å². The average molecular weight is 253 g/mol. The van der Waals surface area contributed by atoms with Crippen LogP contribution in [0.5, 0.6) is 0 Å². The second-order valence-corrected chi connectivity index (χ2v) is 4.71. The summed E-state index contributed by atoms with van der Waals surface area (Å²) in [6, 6.07) is 6.68. The Morgan fingerprint density at radius 3 is 2.76 bits per heavy atom. The van der Waals surface area contributed by atoms with E-state index < -0.39 is 0 Å². The first kappa shape index (κ1) is 13.7. The molecular formula is C12H15NO3S. The normalized spacial score (nSPS) is 10.2. The van der Waals surface area contributed by atoms with E-state index in [4.69, 9.17) is 0 Å². The Bertz CT molecular complexity index is 406. The highest BCUT2D eigenvalue weighted by Gasteiger charge is 2.12. The first-order valence-corrected chi connectivity index (χ1v) is 6.51. The zero-order valence-corrected chi connectivity index (χ0v) is 10.5. The van der Waals surface area contributed by atoms with Gasteiger partial charge in [-0.05, 0) is 18.2 Å². The van der Waals surface area contributed by atoms with Crippen molar-refractivity contribution in [1.29, 1.82) is 0 Å². The van der Waals surface area contributed by atoms with Crippen LogP contribution in [0.15, 0.2) is 29.2 Å². The van der Waals surface area contributed by atoms with Crippen LogP contribution in [0.25, 0.3) is 0 Å². The summed E-state index contributed by atoms with van der Waals surface area (Å²) in [5, 5.41) is 10.7. The number of nitro benzene ring substituents is 1. The van der Waals surface area contributed by atoms with Gasteiger partial charge in [-0.3, -0.25) is 14.9 Å². The lowest BCUT2D eigenvalue weighted by Gasteiger charge is -2.02. The lowest BCUT2D eigenvalue weighted by atomic mass is 10.2. The van der Waals surface area contributed by atoms with E-state index in [9.17, 15) is 14.9 Å². The summed E-state index contributed by atoms with van der Waals surface area (Å²) in [5.41, 5.74) is 0.138. The molecule has 0 bridgehead atoms. The third-order valence-electron chi connectivity index (χ3n) is 2.31. The predicted molar refractivity (Wildman–Crippen MR) is 68.4 cm³/mol. The number of benzene rings is 1. The number of carbonyl (C=O) groups excluding carboxylic acids is 1. The molecule has 17 heavy (non-hydrogen) atoms. The standard InChI is InChI=1S/C12H15NO3S/c1-2-10(14)6-5-9-17-12-8-4-3-7-11(12)13(15)16/h3-4,7-8H,2,5-6,9H2,1H3. The Morgan fingerprint density at radius 1 is 1.41 bits per heavy atom. The van der Waals surface area contributed by atoms with Crippen molar-refractivity contribution in [3.63, 3.8) is 0 Å². The summed E-state index contributed by atoms with van der Waals surface area (Å²) in [5.74, 6) is 0.976. The molecule has 1 rings (SSSR count). The molecule has 0 saturated carbocycles. The average Bonchev–Trinajstić information content (AvgIpc) is 2.34. The van der Waals surface area contributed by atoms with Crippen molar-refractivity contribution in [1.82, 2.24) is 0 Å². The molecule has 0 N–H and O–H groups in total. The molecule has 5 heteroatoms. The van der Waals surface area contributed by atoms with Crippen LogP contribution in [0.4, 0.5) is 5.69 Å². The molecule has 0 aliphatic heterocycles. The van der Waals surface area contributed by atoms with Gasteiger partial charge in [-0.2, -0.15) is 0 Å². The summed E-state index contributed by atoms with van der Waals surface area (Å²) in [6.07, 6.45) is 1.89. The quantitative estimate of drug-likeness (QED) is 0.323. The molecule has 0 radical (unpaired) electrons. The smallest absolute Gasteiger partial charge is 0.282 e. The summed E-state index contributed by atoms with van der Waals surface area (Å²) in [6.45, 7) is 1.84. The number of carbonyl (C=O) groups is 1. The minimum Gasteiger partial charge on any atom is -0.300 e. The van der Waals surface area contributed by atoms with E-state index in [1.54, 1.807) is 18.2 Å². The van der Waals surface area contributed by atoms with Gasteiger partial charge >= 0.3 is 0 Å². The lowest BCUT2D eigenvalue weighted by Crippen LogP contribution is -1.96. The number of thioether (sulfide) groups is 1. The SMILES string of the molecule is CCC(=O)CCCSc1ccccc1[N+](=O)[O-]. The number of hydrogen-bond acceptors (Lipinski definition) is 4. The van der Waals surface area contributed by atoms with Gasteiger partial charge in [-0.25, -0.2) is 0 Å². The van der Waals surface area contributed by atoms with E-state index >= 15 is 0 Å². The van der Waals surface area contributed by atoms with Crippen molar-refractivity contribution in [3.05, 3.63) is 34.4 Å². The Hall–Kier alpha value is -1.36. The highest BCUT2D eigenvalue weighted by Crippen LogP contribution is 2.29. The molecule has 0 atom stereocenters. The molecule has 0 saturated heterocycles. The molecule has 0 aliphatic carbocycles. The second kappa shape index (κ2) is 7.06. The van der Waals surface area contributed by atoms with E-state index in [0.29, 0.717) is 17.7 Å². The second-order valence-electron chi connectivity index (χ2n) is 3.57. The number of para-hydroxylation sites is 1. The first-order chi connectivity index (χ1) is 8.15. The molecule has 0 aromatic heterocycles. The van der Waals surface area contributed by atoms with Gasteiger partial charge in [0, 0.05) is 18.9 Å². The van der Waals surface area contributed by atoms with Crippen LogP contribution in [0.2, 0.25) is 0 Å². The third kappa shape index (κ3) is 4.56. The van der Waals surface area contributed by atoms with Gasteiger partial charge < -0.3 is 0 Å². The Labute approximate surface area is 105 Å². The van der Waals surface area contributed by atoms with Gasteiger partial charge in [-0.15, -0.1) is 11.8 Å². The maximum absolute atomic E-state index is 11.1. The van der Waals surface area contributed by atoms with Gasteiger partial charge in [0.05, 0.1) is 9.82 Å². The van der Waals surface area contributed by atoms with Gasteiger partial charge in [-0.1, -0.05) is 19.1 Å². The van der Waals surface area contributed by atoms with Crippen LogP contribution in [0.1, 0.15) is 26.2 Å². The summed E-state index contributed by atoms with van der Waals surface area (Å²) in [7, 11) is 0. The Balaban J connectivity index is 2.46. The molecular weight excluding hydrogens is 238 g/mol. The van der Waals surface area contributed by atoms with E-state index in [0.717, 1.165) is 12.2 Å². The van der Waals surface area contributed by atoms with Crippen LogP contribution in [-0.2, 0) is 4.79 Å². The fourth-order valence-corrected chi connectivity index (χ4v) is 2.33. The van der Waals surface area contributed by atoms with Crippen LogP contribution in [0, 0.1) is 10.1 Å². The fourth-order valence-electron chi connectivity index (χ4n) is 1.36. The molecule has 0 aliphatic rings. The monoisotopic (exact) mass is 253 g/mol. The molecule has 0 heterocycles. The minimum atomic E-state index is -0.375. The van der Waals surface area contributed by atoms with Crippen molar-refractivity contribution in [3.8, 4) is 0 Å². The van der Waals surface area contributed by atoms with Crippen LogP contribution >= 0.6 is 11.8 Å². The molecule has 4 nitrogen and oxygen atoms in total. The van der Waals surface area contributed by atoms with Crippen molar-refractivity contribution in [2.75, 3.05) is 5.75 Å². The predicted octanol–water partition coefficient (Wildman–Crippen LogP) is 3.45. The molecule has 0 unspecified atom stereocenters. The highest BCUT2D eigenvalue weighted by molar-refractivity contribution is 7.99. The van der Waals surface area contributed by atoms with Crippen molar-refractivity contribution in [2.45, 2.75) is 31.1 Å². The van der Waals surface area contributed by atoms with Crippen molar-refractivity contribution >= 4 is 23.2 Å². The summed E-state index contributed by atoms with van der Waals surface area (Å²) in [4.78, 5) is 22.1. The zero-order valence-electron chi connectivity index (χ0n) is 9.72. The highest BCUT2D eigenvalue weighted by atomic mass is 32.2. The molecule has 0 fully saturated rings. The lowest BCUT2D eigenvalue weighted by molar-refractivity contribution is -0.387. The van der Waals surface area contributed by atoms with Crippen LogP contribution in [0.3, 0.4) is 0 Å². The molecule has 0 spiro atoms. The zero-order chi connectivity index (χ0) is 12.7. The maximum Gasteiger partial charge on any atom is 0.282 e. The topological polar surface area (TPSA) is 60.2 Å². The molecule has 0 amide bonds. The van der Waals surface area contributed by atoms with E-state index in [1.807, 2.05) is 6.92 Å². The van der Waals surface area contributed by atoms with Gasteiger partial charge in [0.25, 0.3) is 5.69 Å². The fraction of sp³-hybridized carbons (Fsp3) is 0.417. The van der Waals surface area contributed by atoms with Crippen molar-refractivity contribution in [2.24, 2.45) is 0 Å². The molecule has 92 valence electrons.